The number of allylic oxidation sites excluding steroid dienone is 7. The predicted octanol–water partition coefficient (Wildman–Crippen LogP) is 6.41. The lowest BCUT2D eigenvalue weighted by molar-refractivity contribution is -0.0678. The summed E-state index contributed by atoms with van der Waals surface area (Å²) >= 11 is 0. The number of nitrogens with zero attached hydrogens (tertiary/aromatic N) is 2. The Morgan fingerprint density at radius 2 is 1.96 bits per heavy atom. The standard InChI is InChI=1S/C38H51N5O7/c1-9-12-17-38(7)26-48-21-19-43(38)24-27-15-16-31(30(22-27)33(44)39-18-20-47-8)41-34(45)32-25-49-35(42-32)28(13-10-2)23-29(14-11-3)40-36(46)50-37(4,5)6/h9-11,13-16,22-23,25H,1,3,12,17-21,24,26H2,2,4-8H3,(H,39,44)(H,40,46)(H,41,45)/b13-10-,28-23+,29-14+. The van der Waals surface area contributed by atoms with Crippen molar-refractivity contribution in [3.63, 3.8) is 0 Å². The number of methoxy groups -OCH3 is 1. The summed E-state index contributed by atoms with van der Waals surface area (Å²) in [6, 6.07) is 5.42. The first-order chi connectivity index (χ1) is 23.8. The number of hydrogen-bond donors (Lipinski definition) is 3. The van der Waals surface area contributed by atoms with E-state index in [1.807, 2.05) is 19.1 Å². The van der Waals surface area contributed by atoms with Gasteiger partial charge in [-0.25, -0.2) is 9.78 Å². The molecule has 0 radical (unpaired) electrons. The van der Waals surface area contributed by atoms with Gasteiger partial charge in [-0.15, -0.1) is 6.58 Å². The first kappa shape index (κ1) is 39.7. The van der Waals surface area contributed by atoms with Gasteiger partial charge < -0.3 is 29.3 Å². The Balaban J connectivity index is 1.88. The van der Waals surface area contributed by atoms with E-state index in [4.69, 9.17) is 18.6 Å². The molecule has 0 bridgehead atoms. The summed E-state index contributed by atoms with van der Waals surface area (Å²) in [5.41, 5.74) is 1.50. The van der Waals surface area contributed by atoms with Crippen LogP contribution in [0.2, 0.25) is 0 Å². The van der Waals surface area contributed by atoms with Crippen LogP contribution >= 0.6 is 0 Å². The average molecular weight is 690 g/mol. The number of hydrogen-bond acceptors (Lipinski definition) is 9. The molecule has 0 spiro atoms. The lowest BCUT2D eigenvalue weighted by Crippen LogP contribution is -2.54. The molecule has 1 aliphatic heterocycles. The first-order valence-electron chi connectivity index (χ1n) is 16.6. The molecule has 0 aliphatic carbocycles. The highest BCUT2D eigenvalue weighted by atomic mass is 16.6. The van der Waals surface area contributed by atoms with Crippen molar-refractivity contribution in [2.45, 2.75) is 65.1 Å². The molecule has 3 amide bonds. The molecular weight excluding hydrogens is 638 g/mol. The normalized spacial score (nSPS) is 17.3. The zero-order chi connectivity index (χ0) is 36.7. The quantitative estimate of drug-likeness (QED) is 0.103. The zero-order valence-electron chi connectivity index (χ0n) is 30.1. The Morgan fingerprint density at radius 1 is 1.18 bits per heavy atom. The van der Waals surface area contributed by atoms with Crippen LogP contribution in [0.4, 0.5) is 10.5 Å². The lowest BCUT2D eigenvalue weighted by Gasteiger charge is -2.45. The minimum absolute atomic E-state index is 0.00845. The molecule has 3 rings (SSSR count). The van der Waals surface area contributed by atoms with Gasteiger partial charge in [-0.2, -0.15) is 0 Å². The number of nitrogens with one attached hydrogen (secondary N) is 3. The van der Waals surface area contributed by atoms with Gasteiger partial charge in [0.1, 0.15) is 11.9 Å². The molecule has 12 heteroatoms. The highest BCUT2D eigenvalue weighted by molar-refractivity contribution is 6.08. The molecule has 12 nitrogen and oxygen atoms in total. The second-order valence-corrected chi connectivity index (χ2v) is 13.0. The van der Waals surface area contributed by atoms with E-state index in [0.29, 0.717) is 55.4 Å². The van der Waals surface area contributed by atoms with Crippen molar-refractivity contribution in [1.29, 1.82) is 0 Å². The molecule has 1 aliphatic rings. The predicted molar refractivity (Wildman–Crippen MR) is 195 cm³/mol. The number of amides is 3. The van der Waals surface area contributed by atoms with Crippen LogP contribution in [-0.4, -0.2) is 79.0 Å². The van der Waals surface area contributed by atoms with E-state index in [1.165, 1.54) is 12.3 Å². The van der Waals surface area contributed by atoms with Crippen molar-refractivity contribution in [3.8, 4) is 0 Å². The van der Waals surface area contributed by atoms with Gasteiger partial charge in [0.25, 0.3) is 11.8 Å². The van der Waals surface area contributed by atoms with E-state index in [-0.39, 0.29) is 23.0 Å². The first-order valence-corrected chi connectivity index (χ1v) is 16.6. The molecule has 0 saturated carbocycles. The van der Waals surface area contributed by atoms with Gasteiger partial charge in [0.15, 0.2) is 5.69 Å². The van der Waals surface area contributed by atoms with Crippen molar-refractivity contribution in [2.24, 2.45) is 0 Å². The van der Waals surface area contributed by atoms with Crippen LogP contribution in [0.1, 0.15) is 79.8 Å². The molecular formula is C38H51N5O7. The van der Waals surface area contributed by atoms with E-state index >= 15 is 0 Å². The molecule has 1 unspecified atom stereocenters. The van der Waals surface area contributed by atoms with Crippen LogP contribution in [0, 0.1) is 0 Å². The van der Waals surface area contributed by atoms with E-state index in [1.54, 1.807) is 64.3 Å². The second kappa shape index (κ2) is 18.8. The fraction of sp³-hybridized carbons (Fsp3) is 0.421. The van der Waals surface area contributed by atoms with Crippen molar-refractivity contribution in [3.05, 3.63) is 102 Å². The number of ether oxygens (including phenoxy) is 3. The Labute approximate surface area is 295 Å². The molecule has 2 aromatic rings. The third kappa shape index (κ3) is 12.0. The van der Waals surface area contributed by atoms with Gasteiger partial charge in [0.05, 0.1) is 31.1 Å². The number of aromatic nitrogens is 1. The minimum Gasteiger partial charge on any atom is -0.444 e. The Morgan fingerprint density at radius 3 is 2.64 bits per heavy atom. The van der Waals surface area contributed by atoms with Gasteiger partial charge in [-0.1, -0.05) is 36.9 Å². The van der Waals surface area contributed by atoms with Crippen LogP contribution in [-0.2, 0) is 20.8 Å². The van der Waals surface area contributed by atoms with Crippen LogP contribution in [0.25, 0.3) is 5.57 Å². The Kier molecular flexibility index (Phi) is 14.9. The van der Waals surface area contributed by atoms with Crippen molar-refractivity contribution >= 4 is 29.2 Å². The summed E-state index contributed by atoms with van der Waals surface area (Å²) < 4.78 is 22.0. The molecule has 2 heterocycles. The maximum Gasteiger partial charge on any atom is 0.412 e. The number of oxazole rings is 1. The molecule has 1 atom stereocenters. The Bertz CT molecular complexity index is 1600. The molecule has 1 saturated heterocycles. The maximum absolute atomic E-state index is 13.5. The fourth-order valence-electron chi connectivity index (χ4n) is 5.21. The van der Waals surface area contributed by atoms with Gasteiger partial charge in [0, 0.05) is 43.6 Å². The molecule has 1 aromatic heterocycles. The number of alkyl carbamates (subject to hydrolysis) is 1. The van der Waals surface area contributed by atoms with Crippen LogP contribution in [0.5, 0.6) is 0 Å². The smallest absolute Gasteiger partial charge is 0.412 e. The third-order valence-corrected chi connectivity index (χ3v) is 7.69. The number of benzene rings is 1. The van der Waals surface area contributed by atoms with Gasteiger partial charge in [-0.05, 0) is 77.3 Å². The number of carbonyl (C=O) groups is 3. The molecule has 50 heavy (non-hydrogen) atoms. The second-order valence-electron chi connectivity index (χ2n) is 13.0. The summed E-state index contributed by atoms with van der Waals surface area (Å²) in [6.07, 6.45) is 12.5. The van der Waals surface area contributed by atoms with Crippen LogP contribution in [0.15, 0.2) is 84.2 Å². The third-order valence-electron chi connectivity index (χ3n) is 7.69. The van der Waals surface area contributed by atoms with Crippen molar-refractivity contribution in [1.82, 2.24) is 20.5 Å². The number of morpholine rings is 1. The molecule has 1 fully saturated rings. The summed E-state index contributed by atoms with van der Waals surface area (Å²) in [4.78, 5) is 46.1. The highest BCUT2D eigenvalue weighted by Gasteiger charge is 2.34. The number of rotatable bonds is 16. The average Bonchev–Trinajstić information content (AvgIpc) is 3.55. The van der Waals surface area contributed by atoms with Crippen molar-refractivity contribution < 1.29 is 33.0 Å². The van der Waals surface area contributed by atoms with E-state index in [2.05, 4.69) is 45.9 Å². The topological polar surface area (TPSA) is 144 Å². The molecule has 1 aromatic carbocycles. The number of carbonyl (C=O) groups excluding carboxylic acids is 3. The summed E-state index contributed by atoms with van der Waals surface area (Å²) in [5, 5.41) is 8.37. The summed E-state index contributed by atoms with van der Waals surface area (Å²) in [6.45, 7) is 20.1. The van der Waals surface area contributed by atoms with Crippen LogP contribution < -0.4 is 16.0 Å². The van der Waals surface area contributed by atoms with Gasteiger partial charge in [0.2, 0.25) is 5.89 Å². The van der Waals surface area contributed by atoms with Gasteiger partial charge >= 0.3 is 6.09 Å². The fourth-order valence-corrected chi connectivity index (χ4v) is 5.21. The maximum atomic E-state index is 13.5. The highest BCUT2D eigenvalue weighted by Crippen LogP contribution is 2.29. The molecule has 270 valence electrons. The monoisotopic (exact) mass is 689 g/mol. The van der Waals surface area contributed by atoms with E-state index in [9.17, 15) is 14.4 Å². The SMILES string of the molecule is C=C\C=C(/C=C(\C=C/C)c1nc(C(=O)Nc2ccc(CN3CCOCC3(C)CCC=C)cc2C(=O)NCCOC)co1)NC(=O)OC(C)(C)C. The minimum atomic E-state index is -0.690. The van der Waals surface area contributed by atoms with Crippen LogP contribution in [0.3, 0.4) is 0 Å². The van der Waals surface area contributed by atoms with Crippen molar-refractivity contribution in [2.75, 3.05) is 45.3 Å². The van der Waals surface area contributed by atoms with Gasteiger partial charge in [-0.3, -0.25) is 19.8 Å². The zero-order valence-corrected chi connectivity index (χ0v) is 30.1. The number of anilines is 1. The summed E-state index contributed by atoms with van der Waals surface area (Å²) in [7, 11) is 1.56. The Hall–Kier alpha value is -4.78. The lowest BCUT2D eigenvalue weighted by atomic mass is 9.92. The summed E-state index contributed by atoms with van der Waals surface area (Å²) in [5.74, 6) is -0.793. The largest absolute Gasteiger partial charge is 0.444 e. The van der Waals surface area contributed by atoms with E-state index in [0.717, 1.165) is 24.9 Å². The van der Waals surface area contributed by atoms with E-state index < -0.39 is 17.6 Å². The molecule has 3 N–H and O–H groups in total.